The lowest BCUT2D eigenvalue weighted by Gasteiger charge is -2.44. The Labute approximate surface area is 798 Å². The van der Waals surface area contributed by atoms with Crippen molar-refractivity contribution in [3.05, 3.63) is 271 Å². The van der Waals surface area contributed by atoms with Crippen molar-refractivity contribution in [2.75, 3.05) is 91.0 Å². The van der Waals surface area contributed by atoms with E-state index < -0.39 is 52.0 Å². The fraction of sp³-hybridized carbons (Fsp3) is 0.380. The summed E-state index contributed by atoms with van der Waals surface area (Å²) >= 11 is 0. The van der Waals surface area contributed by atoms with E-state index in [0.717, 1.165) is 66.5 Å². The number of aryl methyl sites for hydroxylation is 3. The number of aromatic nitrogens is 9. The van der Waals surface area contributed by atoms with Gasteiger partial charge in [0.05, 0.1) is 44.6 Å². The first kappa shape index (κ1) is 97.2. The molecule has 12 aromatic rings. The first-order chi connectivity index (χ1) is 66.0. The second kappa shape index (κ2) is 40.0. The average Bonchev–Trinajstić information content (AvgIpc) is 0.958. The smallest absolute Gasteiger partial charge is 0.355 e. The van der Waals surface area contributed by atoms with E-state index >= 15 is 26.3 Å². The number of para-hydroxylation sites is 3. The third-order valence-electron chi connectivity index (χ3n) is 27.9. The largest absolute Gasteiger partial charge is 0.373 e. The number of carbonyl (C=O) groups is 4. The van der Waals surface area contributed by atoms with Gasteiger partial charge in [0.1, 0.15) is 75.2 Å². The Balaban J connectivity index is 0.000000150. The lowest BCUT2D eigenvalue weighted by Crippen LogP contribution is -2.58. The summed E-state index contributed by atoms with van der Waals surface area (Å²) in [5, 5.41) is 0.961. The predicted molar refractivity (Wildman–Crippen MR) is 532 cm³/mol. The Morgan fingerprint density at radius 3 is 1.04 bits per heavy atom. The summed E-state index contributed by atoms with van der Waals surface area (Å²) < 4.78 is 100. The molecule has 12 heterocycles. The molecule has 6 aliphatic rings. The van der Waals surface area contributed by atoms with Crippen LogP contribution >= 0.6 is 0 Å². The van der Waals surface area contributed by atoms with Crippen LogP contribution in [0, 0.1) is 34.9 Å². The SMILES string of the molecule is C=CC(=O)N1C[C@H](C)N(c2nc(=O)n3c4nc(c(F)cc24)-c2c(F)cccc2CC(=O)CCN(C)c2cccc(C(C)C)c2-3)C[C@H]1C.C=CC(=O)N1C[C@H](C)N(c2nc(=O)n3c4nc(c(F)cc24)-c2c(F)cccc2CCCCCc2cccc(C(C)C)c2-3)C[C@H]1C.C=CC(=O)N1C[C@H](C)N(c2nc(=O)n3c4nc(c(F)cc24)-c2c(F)cccc2CCCCN(C)c2cccc(C(C)C)c2-3)C[C@H]1C. The second-order valence-corrected chi connectivity index (χ2v) is 38.3. The van der Waals surface area contributed by atoms with Crippen LogP contribution in [-0.2, 0) is 44.9 Å². The van der Waals surface area contributed by atoms with Crippen LogP contribution in [0.5, 0.6) is 0 Å². The predicted octanol–water partition coefficient (Wildman–Crippen LogP) is 18.4. The number of nitrogens with zero attached hydrogens (tertiary/aromatic N) is 17. The van der Waals surface area contributed by atoms with E-state index in [4.69, 9.17) is 15.0 Å². The van der Waals surface area contributed by atoms with Gasteiger partial charge >= 0.3 is 17.1 Å². The number of anilines is 5. The second-order valence-electron chi connectivity index (χ2n) is 38.3. The Bertz CT molecular complexity index is 7070. The first-order valence-electron chi connectivity index (χ1n) is 47.7. The zero-order chi connectivity index (χ0) is 98.6. The molecule has 718 valence electrons. The number of Topliss-reactive ketones (excluding diaryl/α,β-unsaturated/α-hetero) is 1. The molecule has 138 heavy (non-hydrogen) atoms. The highest BCUT2D eigenvalue weighted by atomic mass is 19.1. The molecule has 6 aromatic carbocycles. The van der Waals surface area contributed by atoms with Gasteiger partial charge in [0, 0.05) is 132 Å². The van der Waals surface area contributed by atoms with Gasteiger partial charge in [-0.25, -0.2) is 69.4 Å². The quantitative estimate of drug-likeness (QED) is 0.0964. The molecule has 6 aromatic heterocycles. The summed E-state index contributed by atoms with van der Waals surface area (Å²) in [5.41, 5.74) is 7.13. The van der Waals surface area contributed by atoms with Crippen LogP contribution in [0.15, 0.2) is 180 Å². The molecule has 0 spiro atoms. The molecule has 0 N–H and O–H groups in total. The summed E-state index contributed by atoms with van der Waals surface area (Å²) in [6, 6.07) is 34.1. The van der Waals surface area contributed by atoms with Crippen LogP contribution < -0.4 is 41.6 Å². The van der Waals surface area contributed by atoms with Crippen molar-refractivity contribution in [3.63, 3.8) is 0 Å². The molecule has 0 unspecified atom stereocenters. The maximum atomic E-state index is 16.4. The zero-order valence-corrected chi connectivity index (χ0v) is 80.6. The zero-order valence-electron chi connectivity index (χ0n) is 80.6. The normalized spacial score (nSPS) is 18.6. The maximum absolute atomic E-state index is 16.4. The van der Waals surface area contributed by atoms with Crippen LogP contribution in [0.1, 0.15) is 178 Å². The van der Waals surface area contributed by atoms with Crippen molar-refractivity contribution < 1.29 is 45.5 Å². The van der Waals surface area contributed by atoms with E-state index in [1.807, 2.05) is 156 Å². The lowest BCUT2D eigenvalue weighted by molar-refractivity contribution is -0.129. The van der Waals surface area contributed by atoms with Gasteiger partial charge in [-0.05, 0) is 210 Å². The lowest BCUT2D eigenvalue weighted by atomic mass is 9.94. The highest BCUT2D eigenvalue weighted by molar-refractivity contribution is 5.97. The maximum Gasteiger partial charge on any atom is 0.355 e. The van der Waals surface area contributed by atoms with Gasteiger partial charge in [-0.1, -0.05) is 147 Å². The van der Waals surface area contributed by atoms with Gasteiger partial charge in [-0.15, -0.1) is 0 Å². The van der Waals surface area contributed by atoms with Gasteiger partial charge < -0.3 is 39.2 Å². The number of benzene rings is 6. The summed E-state index contributed by atoms with van der Waals surface area (Å²) in [6.07, 6.45) is 9.96. The Morgan fingerprint density at radius 2 is 0.667 bits per heavy atom. The van der Waals surface area contributed by atoms with Gasteiger partial charge in [0.2, 0.25) is 17.7 Å². The van der Waals surface area contributed by atoms with Gasteiger partial charge in [0.25, 0.3) is 0 Å². The van der Waals surface area contributed by atoms with E-state index in [1.54, 1.807) is 32.9 Å². The summed E-state index contributed by atoms with van der Waals surface area (Å²) in [7, 11) is 3.85. The summed E-state index contributed by atoms with van der Waals surface area (Å²) in [5.74, 6) is -3.81. The molecular weight excluding hydrogens is 1760 g/mol. The Kier molecular flexibility index (Phi) is 28.2. The number of ketones is 1. The third kappa shape index (κ3) is 18.4. The molecule has 0 aliphatic carbocycles. The van der Waals surface area contributed by atoms with Crippen molar-refractivity contribution in [2.24, 2.45) is 0 Å². The molecule has 3 saturated heterocycles. The minimum Gasteiger partial charge on any atom is -0.373 e. The molecule has 6 atom stereocenters. The third-order valence-corrected chi connectivity index (χ3v) is 27.9. The van der Waals surface area contributed by atoms with Crippen LogP contribution in [0.2, 0.25) is 0 Å². The van der Waals surface area contributed by atoms with Crippen LogP contribution in [0.25, 0.3) is 83.9 Å². The topological polar surface area (TPSA) is 238 Å². The fourth-order valence-corrected chi connectivity index (χ4v) is 20.7. The van der Waals surface area contributed by atoms with E-state index in [9.17, 15) is 33.6 Å². The number of amides is 3. The number of hydrogen-bond acceptors (Lipinski definition) is 18. The van der Waals surface area contributed by atoms with Crippen molar-refractivity contribution in [2.45, 2.75) is 201 Å². The highest BCUT2D eigenvalue weighted by Gasteiger charge is 2.41. The van der Waals surface area contributed by atoms with E-state index in [0.29, 0.717) is 121 Å². The number of halogens is 6. The van der Waals surface area contributed by atoms with Crippen molar-refractivity contribution in [1.29, 1.82) is 0 Å². The van der Waals surface area contributed by atoms with E-state index in [-0.39, 0.29) is 158 Å². The number of carbonyl (C=O) groups excluding carboxylic acids is 4. The minimum absolute atomic E-state index is 0.0354. The van der Waals surface area contributed by atoms with Gasteiger partial charge in [-0.2, -0.15) is 15.0 Å². The first-order valence-corrected chi connectivity index (χ1v) is 47.7. The van der Waals surface area contributed by atoms with Crippen LogP contribution in [-0.4, -0.2) is 185 Å². The highest BCUT2D eigenvalue weighted by Crippen LogP contribution is 2.45. The molecule has 3 fully saturated rings. The van der Waals surface area contributed by atoms with Gasteiger partial charge in [-0.3, -0.25) is 19.2 Å². The monoisotopic (exact) mass is 1880 g/mol. The van der Waals surface area contributed by atoms with Crippen molar-refractivity contribution in [3.8, 4) is 50.8 Å². The number of fused-ring (bicyclic) bond motifs is 15. The van der Waals surface area contributed by atoms with E-state index in [1.165, 1.54) is 74.4 Å². The summed E-state index contributed by atoms with van der Waals surface area (Å²) in [4.78, 5) is 137. The summed E-state index contributed by atoms with van der Waals surface area (Å²) in [6.45, 7) is 37.9. The molecule has 24 nitrogen and oxygen atoms in total. The van der Waals surface area contributed by atoms with E-state index in [2.05, 4.69) is 67.3 Å². The molecule has 3 amide bonds. The van der Waals surface area contributed by atoms with Crippen molar-refractivity contribution >= 4 is 85.4 Å². The average molecular weight is 1880 g/mol. The molecule has 6 bridgehead atoms. The molecule has 0 saturated carbocycles. The Morgan fingerprint density at radius 1 is 0.355 bits per heavy atom. The molecule has 6 aliphatic heterocycles. The standard InChI is InChI=1S/C36H38F2N6O3.C36H40F2N6O2.C36H39F2N5O2/c1-7-30(46)42-18-22(5)43(19-21(42)4)34-26-17-28(38)32-31-23(10-8-12-27(31)37)16-24(45)14-15-41(6)29-13-9-11-25(20(2)3)33(29)44(35(26)39-32)36(47)40-34;1-7-30(45)42-19-23(5)43(20-22(42)4)34-26-18-28(38)32-31-24(13-10-15-27(31)37)12-8-9-17-41(6)29-16-11-14-25(21(2)3)33(29)44(35(26)39-32)36(46)40-34;1-6-30(44)41-19-23(5)42(20-22(41)4)34-27-18-29(38)32-31-24(14-11-17-28(31)37)12-8-7-9-13-25-15-10-16-26(21(2)3)33(25)43(35(27)39-32)36(45)40-34/h7-13,17,20-22H,1,14-16,18-19H2,2-6H3;7,10-11,13-16,18,21-23H,1,8-9,12,17,19-20H2,2-6H3;6,10-11,14-18,21-23H,1,7-9,12-13,19-20H2,2-5H3/t21-,22+;2*22-,23+/m111/s1. The fourth-order valence-electron chi connectivity index (χ4n) is 20.7. The molecular formula is C108H117F6N17O7. The Hall–Kier alpha value is -13.9. The number of pyridine rings is 3. The molecule has 18 rings (SSSR count). The molecule has 0 radical (unpaired) electrons. The van der Waals surface area contributed by atoms with Crippen LogP contribution in [0.4, 0.5) is 55.2 Å². The minimum atomic E-state index is -0.810. The van der Waals surface area contributed by atoms with Gasteiger partial charge in [0.15, 0.2) is 16.9 Å². The van der Waals surface area contributed by atoms with Crippen LogP contribution in [0.3, 0.4) is 0 Å². The number of piperazine rings is 3. The molecule has 30 heteroatoms. The van der Waals surface area contributed by atoms with Crippen molar-refractivity contribution in [1.82, 2.24) is 58.3 Å². The number of hydrogen-bond donors (Lipinski definition) is 0. The number of rotatable bonds is 9.